The zero-order valence-corrected chi connectivity index (χ0v) is 20.6. The van der Waals surface area contributed by atoms with Crippen molar-refractivity contribution in [3.8, 4) is 0 Å². The van der Waals surface area contributed by atoms with Gasteiger partial charge in [0.2, 0.25) is 0 Å². The Morgan fingerprint density at radius 3 is 2.66 bits per heavy atom. The molecule has 186 valence electrons. The first-order valence-electron chi connectivity index (χ1n) is 12.2. The Morgan fingerprint density at radius 2 is 2.00 bits per heavy atom. The Morgan fingerprint density at radius 1 is 1.20 bits per heavy atom. The molecule has 1 aliphatic rings. The second-order valence-electron chi connectivity index (χ2n) is 8.95. The van der Waals surface area contributed by atoms with Gasteiger partial charge in [0.15, 0.2) is 0 Å². The second kappa shape index (κ2) is 12.0. The number of nitrogens with zero attached hydrogens (tertiary/aromatic N) is 1. The van der Waals surface area contributed by atoms with E-state index in [4.69, 9.17) is 0 Å². The lowest BCUT2D eigenvalue weighted by Crippen LogP contribution is -2.25. The Kier molecular flexibility index (Phi) is 9.07. The number of hydrogen-bond acceptors (Lipinski definition) is 2. The SMILES string of the molecule is CCC/C=C(C)/C(=C\c1cccnc1C)C(=O)NCc1ccc(C2=CCCCC2)c(C(F)(F)F)c1. The third-order valence-electron chi connectivity index (χ3n) is 6.24. The number of halogens is 3. The number of amides is 1. The predicted molar refractivity (Wildman–Crippen MR) is 135 cm³/mol. The van der Waals surface area contributed by atoms with Crippen molar-refractivity contribution in [3.63, 3.8) is 0 Å². The third-order valence-corrected chi connectivity index (χ3v) is 6.24. The quantitative estimate of drug-likeness (QED) is 0.308. The number of benzene rings is 1. The van der Waals surface area contributed by atoms with E-state index in [9.17, 15) is 18.0 Å². The van der Waals surface area contributed by atoms with Crippen LogP contribution in [0.25, 0.3) is 11.6 Å². The maximum Gasteiger partial charge on any atom is 0.417 e. The van der Waals surface area contributed by atoms with Crippen molar-refractivity contribution < 1.29 is 18.0 Å². The molecular formula is C29H33F3N2O. The molecule has 0 bridgehead atoms. The van der Waals surface area contributed by atoms with E-state index in [-0.39, 0.29) is 18.0 Å². The third kappa shape index (κ3) is 7.17. The minimum atomic E-state index is -4.46. The molecule has 35 heavy (non-hydrogen) atoms. The molecule has 0 fully saturated rings. The van der Waals surface area contributed by atoms with Gasteiger partial charge in [-0.05, 0) is 92.0 Å². The van der Waals surface area contributed by atoms with E-state index in [2.05, 4.69) is 17.2 Å². The van der Waals surface area contributed by atoms with Crippen molar-refractivity contribution in [2.75, 3.05) is 0 Å². The van der Waals surface area contributed by atoms with Gasteiger partial charge < -0.3 is 5.32 Å². The van der Waals surface area contributed by atoms with Crippen LogP contribution in [0.15, 0.2) is 59.8 Å². The highest BCUT2D eigenvalue weighted by Crippen LogP contribution is 2.38. The van der Waals surface area contributed by atoms with Gasteiger partial charge >= 0.3 is 6.18 Å². The normalized spacial score (nSPS) is 15.1. The molecule has 0 spiro atoms. The lowest BCUT2D eigenvalue weighted by atomic mass is 9.89. The van der Waals surface area contributed by atoms with Crippen LogP contribution in [0.1, 0.15) is 80.3 Å². The van der Waals surface area contributed by atoms with Crippen LogP contribution in [0.3, 0.4) is 0 Å². The summed E-state index contributed by atoms with van der Waals surface area (Å²) in [6.45, 7) is 5.81. The molecule has 2 aromatic rings. The number of alkyl halides is 3. The molecule has 1 aliphatic carbocycles. The average molecular weight is 483 g/mol. The van der Waals surface area contributed by atoms with Crippen molar-refractivity contribution in [2.45, 2.75) is 72.0 Å². The highest BCUT2D eigenvalue weighted by atomic mass is 19.4. The molecule has 1 aromatic heterocycles. The van der Waals surface area contributed by atoms with Gasteiger partial charge in [0.1, 0.15) is 0 Å². The number of nitrogens with one attached hydrogen (secondary N) is 1. The van der Waals surface area contributed by atoms with Crippen LogP contribution in [-0.4, -0.2) is 10.9 Å². The van der Waals surface area contributed by atoms with Crippen LogP contribution in [0.2, 0.25) is 0 Å². The van der Waals surface area contributed by atoms with Crippen molar-refractivity contribution >= 4 is 17.6 Å². The molecule has 0 radical (unpaired) electrons. The molecule has 1 amide bonds. The molecule has 3 nitrogen and oxygen atoms in total. The lowest BCUT2D eigenvalue weighted by molar-refractivity contribution is -0.137. The molecule has 1 N–H and O–H groups in total. The minimum absolute atomic E-state index is 0.00562. The van der Waals surface area contributed by atoms with Crippen molar-refractivity contribution in [2.24, 2.45) is 0 Å². The summed E-state index contributed by atoms with van der Waals surface area (Å²) in [7, 11) is 0. The van der Waals surface area contributed by atoms with Crippen LogP contribution in [0.4, 0.5) is 13.2 Å². The van der Waals surface area contributed by atoms with E-state index in [0.29, 0.717) is 17.6 Å². The summed E-state index contributed by atoms with van der Waals surface area (Å²) in [5, 5.41) is 2.82. The largest absolute Gasteiger partial charge is 0.417 e. The second-order valence-corrected chi connectivity index (χ2v) is 8.95. The van der Waals surface area contributed by atoms with Crippen LogP contribution >= 0.6 is 0 Å². The van der Waals surface area contributed by atoms with E-state index in [0.717, 1.165) is 54.5 Å². The van der Waals surface area contributed by atoms with Crippen molar-refractivity contribution in [1.29, 1.82) is 0 Å². The summed E-state index contributed by atoms with van der Waals surface area (Å²) in [6, 6.07) is 8.08. The van der Waals surface area contributed by atoms with E-state index < -0.39 is 11.7 Å². The zero-order chi connectivity index (χ0) is 25.4. The summed E-state index contributed by atoms with van der Waals surface area (Å²) >= 11 is 0. The van der Waals surface area contributed by atoms with E-state index in [1.54, 1.807) is 30.5 Å². The van der Waals surface area contributed by atoms with Crippen LogP contribution in [0, 0.1) is 6.92 Å². The van der Waals surface area contributed by atoms with Gasteiger partial charge in [-0.15, -0.1) is 0 Å². The predicted octanol–water partition coefficient (Wildman–Crippen LogP) is 7.81. The number of aryl methyl sites for hydroxylation is 1. The van der Waals surface area contributed by atoms with Gasteiger partial charge in [-0.3, -0.25) is 9.78 Å². The first-order chi connectivity index (χ1) is 16.7. The Hall–Kier alpha value is -3.15. The van der Waals surface area contributed by atoms with Crippen LogP contribution < -0.4 is 5.32 Å². The topological polar surface area (TPSA) is 42.0 Å². The van der Waals surface area contributed by atoms with E-state index >= 15 is 0 Å². The number of unbranched alkanes of at least 4 members (excludes halogenated alkanes) is 1. The Labute approximate surface area is 205 Å². The lowest BCUT2D eigenvalue weighted by Gasteiger charge is -2.19. The van der Waals surface area contributed by atoms with Gasteiger partial charge in [-0.2, -0.15) is 13.2 Å². The summed E-state index contributed by atoms with van der Waals surface area (Å²) in [5.74, 6) is -0.328. The van der Waals surface area contributed by atoms with Gasteiger partial charge in [0.25, 0.3) is 5.91 Å². The average Bonchev–Trinajstić information content (AvgIpc) is 2.85. The highest BCUT2D eigenvalue weighted by Gasteiger charge is 2.34. The molecule has 0 saturated carbocycles. The fraction of sp³-hybridized carbons (Fsp3) is 0.379. The fourth-order valence-electron chi connectivity index (χ4n) is 4.21. The number of rotatable bonds is 8. The summed E-state index contributed by atoms with van der Waals surface area (Å²) in [5.41, 5.74) is 3.70. The monoisotopic (exact) mass is 482 g/mol. The van der Waals surface area contributed by atoms with E-state index in [1.165, 1.54) is 6.07 Å². The van der Waals surface area contributed by atoms with Crippen molar-refractivity contribution in [1.82, 2.24) is 10.3 Å². The van der Waals surface area contributed by atoms with Crippen LogP contribution in [-0.2, 0) is 17.5 Å². The number of carbonyl (C=O) groups is 1. The first-order valence-corrected chi connectivity index (χ1v) is 12.2. The summed E-state index contributed by atoms with van der Waals surface area (Å²) in [4.78, 5) is 17.4. The Balaban J connectivity index is 1.86. The number of hydrogen-bond donors (Lipinski definition) is 1. The van der Waals surface area contributed by atoms with Crippen molar-refractivity contribution in [3.05, 3.63) is 87.8 Å². The number of pyridine rings is 1. The molecule has 0 aliphatic heterocycles. The standard InChI is InChI=1S/C29H33F3N2O/c1-4-5-10-20(2)26(18-24-13-9-16-33-21(24)3)28(35)34-19-22-14-15-25(23-11-7-6-8-12-23)27(17-22)29(30,31)32/h9-11,13-18H,4-8,12,19H2,1-3H3,(H,34,35)/b20-10+,26-18+. The fourth-order valence-corrected chi connectivity index (χ4v) is 4.21. The molecule has 1 heterocycles. The minimum Gasteiger partial charge on any atom is -0.348 e. The number of allylic oxidation sites excluding steroid dienone is 3. The molecule has 6 heteroatoms. The maximum absolute atomic E-state index is 13.9. The van der Waals surface area contributed by atoms with E-state index in [1.807, 2.05) is 32.1 Å². The summed E-state index contributed by atoms with van der Waals surface area (Å²) < 4.78 is 41.6. The first kappa shape index (κ1) is 26.5. The van der Waals surface area contributed by atoms with Gasteiger partial charge in [0, 0.05) is 24.0 Å². The molecule has 0 saturated heterocycles. The van der Waals surface area contributed by atoms with Crippen LogP contribution in [0.5, 0.6) is 0 Å². The highest BCUT2D eigenvalue weighted by molar-refractivity contribution is 6.02. The van der Waals surface area contributed by atoms with Gasteiger partial charge in [0.05, 0.1) is 5.56 Å². The number of aromatic nitrogens is 1. The van der Waals surface area contributed by atoms with Gasteiger partial charge in [-0.25, -0.2) is 0 Å². The molecule has 0 unspecified atom stereocenters. The molecule has 0 atom stereocenters. The molecule has 1 aromatic carbocycles. The molecule has 3 rings (SSSR count). The summed E-state index contributed by atoms with van der Waals surface area (Å²) in [6.07, 6.45) is 8.09. The Bertz CT molecular complexity index is 1140. The number of carbonyl (C=O) groups excluding carboxylic acids is 1. The molecular weight excluding hydrogens is 449 g/mol. The van der Waals surface area contributed by atoms with Gasteiger partial charge in [-0.1, -0.05) is 43.7 Å². The zero-order valence-electron chi connectivity index (χ0n) is 20.6. The maximum atomic E-state index is 13.9. The smallest absolute Gasteiger partial charge is 0.348 e.